The first-order chi connectivity index (χ1) is 12.6. The maximum absolute atomic E-state index is 13.9. The van der Waals surface area contributed by atoms with Crippen LogP contribution in [-0.2, 0) is 6.54 Å². The summed E-state index contributed by atoms with van der Waals surface area (Å²) in [6.07, 6.45) is 1.50. The van der Waals surface area contributed by atoms with Crippen molar-refractivity contribution in [3.8, 4) is 0 Å². The van der Waals surface area contributed by atoms with E-state index in [9.17, 15) is 9.18 Å². The number of hydrogen-bond acceptors (Lipinski definition) is 3. The number of hydrogen-bond donors (Lipinski definition) is 1. The van der Waals surface area contributed by atoms with E-state index in [1.807, 2.05) is 0 Å². The van der Waals surface area contributed by atoms with Gasteiger partial charge < -0.3 is 19.5 Å². The molecule has 6 nitrogen and oxygen atoms in total. The average molecular weight is 423 g/mol. The number of rotatable bonds is 3. The summed E-state index contributed by atoms with van der Waals surface area (Å²) in [5.41, 5.74) is 0.562. The number of aliphatic imine (C=N–C) groups is 1. The van der Waals surface area contributed by atoms with Crippen molar-refractivity contribution in [2.75, 3.05) is 33.2 Å². The second-order valence-electron chi connectivity index (χ2n) is 5.89. The Bertz CT molecular complexity index is 786. The van der Waals surface area contributed by atoms with Crippen LogP contribution in [0.2, 0.25) is 0 Å². The Hall–Kier alpha value is -2.35. The largest absolute Gasteiger partial charge is 0.459 e. The lowest BCUT2D eigenvalue weighted by molar-refractivity contribution is 0.0657. The van der Waals surface area contributed by atoms with Crippen LogP contribution in [0.4, 0.5) is 4.39 Å². The second-order valence-corrected chi connectivity index (χ2v) is 6.81. The molecule has 1 aromatic carbocycles. The van der Waals surface area contributed by atoms with Gasteiger partial charge in [-0.2, -0.15) is 0 Å². The lowest BCUT2D eigenvalue weighted by Gasteiger charge is -2.36. The van der Waals surface area contributed by atoms with Crippen LogP contribution >= 0.6 is 15.9 Å². The number of amides is 1. The van der Waals surface area contributed by atoms with Gasteiger partial charge in [0.1, 0.15) is 5.82 Å². The molecule has 138 valence electrons. The Kier molecular flexibility index (Phi) is 5.92. The Morgan fingerprint density at radius 1 is 1.27 bits per heavy atom. The number of carbonyl (C=O) groups is 1. The van der Waals surface area contributed by atoms with Gasteiger partial charge in [-0.1, -0.05) is 15.9 Å². The maximum Gasteiger partial charge on any atom is 0.289 e. The molecule has 1 N–H and O–H groups in total. The quantitative estimate of drug-likeness (QED) is 0.610. The predicted molar refractivity (Wildman–Crippen MR) is 100 cm³/mol. The summed E-state index contributed by atoms with van der Waals surface area (Å²) in [7, 11) is 1.69. The summed E-state index contributed by atoms with van der Waals surface area (Å²) in [4.78, 5) is 20.4. The maximum atomic E-state index is 13.9. The lowest BCUT2D eigenvalue weighted by Crippen LogP contribution is -2.53. The summed E-state index contributed by atoms with van der Waals surface area (Å²) in [6, 6.07) is 8.22. The van der Waals surface area contributed by atoms with Crippen molar-refractivity contribution in [2.45, 2.75) is 6.54 Å². The van der Waals surface area contributed by atoms with E-state index in [0.29, 0.717) is 50.0 Å². The fourth-order valence-electron chi connectivity index (χ4n) is 2.86. The first-order valence-corrected chi connectivity index (χ1v) is 9.10. The molecule has 0 radical (unpaired) electrons. The molecule has 1 aliphatic heterocycles. The SMILES string of the molecule is CN=C(NCc1cc(Br)ccc1F)N1CCN(C(=O)c2ccco2)CC1. The van der Waals surface area contributed by atoms with E-state index in [-0.39, 0.29) is 11.7 Å². The number of piperazine rings is 1. The van der Waals surface area contributed by atoms with Crippen LogP contribution in [0.3, 0.4) is 0 Å². The number of carbonyl (C=O) groups excluding carboxylic acids is 1. The molecule has 0 bridgehead atoms. The summed E-state index contributed by atoms with van der Waals surface area (Å²) in [6.45, 7) is 2.78. The molecule has 1 fully saturated rings. The normalized spacial score (nSPS) is 15.3. The molecule has 26 heavy (non-hydrogen) atoms. The fraction of sp³-hybridized carbons (Fsp3) is 0.333. The number of benzene rings is 1. The zero-order valence-corrected chi connectivity index (χ0v) is 16.0. The van der Waals surface area contributed by atoms with Gasteiger partial charge in [-0.25, -0.2) is 4.39 Å². The third-order valence-corrected chi connectivity index (χ3v) is 4.75. The van der Waals surface area contributed by atoms with E-state index < -0.39 is 0 Å². The standard InChI is InChI=1S/C18H20BrFN4O2/c1-21-18(22-12-13-11-14(19)4-5-15(13)20)24-8-6-23(7-9-24)17(25)16-3-2-10-26-16/h2-5,10-11H,6-9,12H2,1H3,(H,21,22). The zero-order chi connectivity index (χ0) is 18.5. The van der Waals surface area contributed by atoms with Crippen molar-refractivity contribution in [1.82, 2.24) is 15.1 Å². The van der Waals surface area contributed by atoms with Gasteiger partial charge in [0.2, 0.25) is 0 Å². The van der Waals surface area contributed by atoms with E-state index in [1.165, 1.54) is 12.3 Å². The number of guanidine groups is 1. The molecule has 1 aliphatic rings. The number of furan rings is 1. The van der Waals surface area contributed by atoms with Crippen LogP contribution in [0, 0.1) is 5.82 Å². The van der Waals surface area contributed by atoms with Gasteiger partial charge >= 0.3 is 0 Å². The molecule has 1 amide bonds. The van der Waals surface area contributed by atoms with E-state index in [1.54, 1.807) is 36.2 Å². The smallest absolute Gasteiger partial charge is 0.289 e. The lowest BCUT2D eigenvalue weighted by atomic mass is 10.2. The fourth-order valence-corrected chi connectivity index (χ4v) is 3.27. The predicted octanol–water partition coefficient (Wildman–Crippen LogP) is 2.71. The van der Waals surface area contributed by atoms with Gasteiger partial charge in [0.05, 0.1) is 6.26 Å². The highest BCUT2D eigenvalue weighted by Crippen LogP contribution is 2.15. The van der Waals surface area contributed by atoms with Crippen molar-refractivity contribution >= 4 is 27.8 Å². The molecule has 0 unspecified atom stereocenters. The van der Waals surface area contributed by atoms with Crippen LogP contribution in [0.25, 0.3) is 0 Å². The molecule has 1 aromatic heterocycles. The first-order valence-electron chi connectivity index (χ1n) is 8.31. The summed E-state index contributed by atoms with van der Waals surface area (Å²) in [5.74, 6) is 0.680. The molecular formula is C18H20BrFN4O2. The minimum atomic E-state index is -0.259. The van der Waals surface area contributed by atoms with Crippen molar-refractivity contribution in [3.05, 3.63) is 58.2 Å². The first kappa shape index (κ1) is 18.4. The van der Waals surface area contributed by atoms with Gasteiger partial charge in [-0.3, -0.25) is 9.79 Å². The van der Waals surface area contributed by atoms with E-state index in [4.69, 9.17) is 4.42 Å². The van der Waals surface area contributed by atoms with Crippen LogP contribution in [0.1, 0.15) is 16.1 Å². The second kappa shape index (κ2) is 8.35. The van der Waals surface area contributed by atoms with E-state index in [0.717, 1.165) is 4.47 Å². The molecular weight excluding hydrogens is 403 g/mol. The van der Waals surface area contributed by atoms with Crippen molar-refractivity contribution in [2.24, 2.45) is 4.99 Å². The minimum absolute atomic E-state index is 0.103. The molecule has 3 rings (SSSR count). The molecule has 2 heterocycles. The third-order valence-electron chi connectivity index (χ3n) is 4.25. The van der Waals surface area contributed by atoms with Gasteiger partial charge in [-0.15, -0.1) is 0 Å². The average Bonchev–Trinajstić information content (AvgIpc) is 3.19. The van der Waals surface area contributed by atoms with Crippen molar-refractivity contribution in [1.29, 1.82) is 0 Å². The van der Waals surface area contributed by atoms with Gasteiger partial charge in [0.25, 0.3) is 5.91 Å². The molecule has 2 aromatic rings. The monoisotopic (exact) mass is 422 g/mol. The van der Waals surface area contributed by atoms with E-state index >= 15 is 0 Å². The highest BCUT2D eigenvalue weighted by atomic mass is 79.9. The summed E-state index contributed by atoms with van der Waals surface area (Å²) >= 11 is 3.35. The van der Waals surface area contributed by atoms with Gasteiger partial charge in [0, 0.05) is 49.8 Å². The highest BCUT2D eigenvalue weighted by molar-refractivity contribution is 9.10. The van der Waals surface area contributed by atoms with Crippen LogP contribution in [0.5, 0.6) is 0 Å². The Labute approximate surface area is 159 Å². The molecule has 0 saturated carbocycles. The molecule has 1 saturated heterocycles. The van der Waals surface area contributed by atoms with Gasteiger partial charge in [-0.05, 0) is 30.3 Å². The topological polar surface area (TPSA) is 61.1 Å². The van der Waals surface area contributed by atoms with Crippen LogP contribution in [-0.4, -0.2) is 54.9 Å². The molecule has 8 heteroatoms. The zero-order valence-electron chi connectivity index (χ0n) is 14.4. The minimum Gasteiger partial charge on any atom is -0.459 e. The molecule has 0 aliphatic carbocycles. The molecule has 0 atom stereocenters. The highest BCUT2D eigenvalue weighted by Gasteiger charge is 2.25. The number of nitrogens with one attached hydrogen (secondary N) is 1. The third kappa shape index (κ3) is 4.24. The Morgan fingerprint density at radius 3 is 2.65 bits per heavy atom. The number of halogens is 2. The van der Waals surface area contributed by atoms with Gasteiger partial charge in [0.15, 0.2) is 11.7 Å². The van der Waals surface area contributed by atoms with E-state index in [2.05, 4.69) is 31.1 Å². The molecule has 0 spiro atoms. The van der Waals surface area contributed by atoms with Crippen molar-refractivity contribution in [3.63, 3.8) is 0 Å². The van der Waals surface area contributed by atoms with Crippen LogP contribution < -0.4 is 5.32 Å². The Balaban J connectivity index is 1.55. The Morgan fingerprint density at radius 2 is 2.00 bits per heavy atom. The summed E-state index contributed by atoms with van der Waals surface area (Å²) < 4.78 is 19.9. The van der Waals surface area contributed by atoms with Crippen molar-refractivity contribution < 1.29 is 13.6 Å². The number of nitrogens with zero attached hydrogens (tertiary/aromatic N) is 3. The van der Waals surface area contributed by atoms with Crippen LogP contribution in [0.15, 0.2) is 50.5 Å². The summed E-state index contributed by atoms with van der Waals surface area (Å²) in [5, 5.41) is 3.19.